The van der Waals surface area contributed by atoms with E-state index in [2.05, 4.69) is 17.4 Å². The maximum Gasteiger partial charge on any atom is 0.334 e. The number of carboxylic acids is 1. The van der Waals surface area contributed by atoms with Crippen LogP contribution in [0.5, 0.6) is 11.5 Å². The Balaban J connectivity index is 1.95. The SMILES string of the molecule is CCOc1cc([C@@H](C)N(CCCCc2ccccc2)C(=O)N[C@@](CC)(C(=O)O)c2ccccc2)cc(OCC)c1C. The first-order valence-electron chi connectivity index (χ1n) is 14.6. The summed E-state index contributed by atoms with van der Waals surface area (Å²) in [6.07, 6.45) is 2.74. The number of ether oxygens (including phenoxy) is 2. The Morgan fingerprint density at radius 1 is 0.902 bits per heavy atom. The van der Waals surface area contributed by atoms with Gasteiger partial charge in [-0.2, -0.15) is 0 Å². The fraction of sp³-hybridized carbons (Fsp3) is 0.412. The van der Waals surface area contributed by atoms with Crippen molar-refractivity contribution in [2.75, 3.05) is 19.8 Å². The quantitative estimate of drug-likeness (QED) is 0.191. The van der Waals surface area contributed by atoms with Crippen LogP contribution in [0.3, 0.4) is 0 Å². The summed E-state index contributed by atoms with van der Waals surface area (Å²) in [6.45, 7) is 11.0. The number of hydrogen-bond donors (Lipinski definition) is 2. The molecule has 3 aromatic carbocycles. The molecule has 0 aliphatic heterocycles. The Morgan fingerprint density at radius 3 is 1.98 bits per heavy atom. The van der Waals surface area contributed by atoms with Gasteiger partial charge in [0.1, 0.15) is 11.5 Å². The lowest BCUT2D eigenvalue weighted by molar-refractivity contribution is -0.145. The standard InChI is InChI=1S/C34H44N2O5/c1-6-34(32(37)38,29-20-13-10-14-21-29)35-33(39)36(22-16-15-19-27-17-11-9-12-18-27)26(5)28-23-30(40-7-2)25(4)31(24-28)41-8-3/h9-14,17-18,20-21,23-24,26H,6-8,15-16,19,22H2,1-5H3,(H,35,39)(H,37,38)/t26-,34-/m1/s1. The average molecular weight is 561 g/mol. The van der Waals surface area contributed by atoms with Crippen LogP contribution in [-0.2, 0) is 16.8 Å². The minimum atomic E-state index is -1.55. The van der Waals surface area contributed by atoms with E-state index >= 15 is 0 Å². The molecule has 2 amide bonds. The second kappa shape index (κ2) is 15.1. The molecule has 41 heavy (non-hydrogen) atoms. The lowest BCUT2D eigenvalue weighted by atomic mass is 9.87. The third kappa shape index (κ3) is 7.81. The van der Waals surface area contributed by atoms with Gasteiger partial charge in [0.2, 0.25) is 0 Å². The molecule has 2 N–H and O–H groups in total. The van der Waals surface area contributed by atoms with Crippen LogP contribution in [0.2, 0.25) is 0 Å². The number of rotatable bonds is 15. The third-order valence-electron chi connectivity index (χ3n) is 7.58. The Labute approximate surface area is 244 Å². The molecule has 3 rings (SSSR count). The molecule has 3 aromatic rings. The van der Waals surface area contributed by atoms with Crippen molar-refractivity contribution in [2.24, 2.45) is 0 Å². The van der Waals surface area contributed by atoms with Gasteiger partial charge >= 0.3 is 12.0 Å². The fourth-order valence-corrected chi connectivity index (χ4v) is 5.11. The number of aliphatic carboxylic acids is 1. The second-order valence-electron chi connectivity index (χ2n) is 10.2. The molecule has 7 nitrogen and oxygen atoms in total. The van der Waals surface area contributed by atoms with E-state index in [1.807, 2.05) is 64.1 Å². The summed E-state index contributed by atoms with van der Waals surface area (Å²) in [5.74, 6) is 0.328. The number of unbranched alkanes of at least 4 members (excludes halogenated alkanes) is 1. The number of nitrogens with one attached hydrogen (secondary N) is 1. The molecular weight excluding hydrogens is 516 g/mol. The zero-order chi connectivity index (χ0) is 29.8. The summed E-state index contributed by atoms with van der Waals surface area (Å²) < 4.78 is 11.8. The number of urea groups is 1. The van der Waals surface area contributed by atoms with E-state index in [-0.39, 0.29) is 12.5 Å². The highest BCUT2D eigenvalue weighted by atomic mass is 16.5. The van der Waals surface area contributed by atoms with E-state index in [1.165, 1.54) is 5.56 Å². The summed E-state index contributed by atoms with van der Waals surface area (Å²) >= 11 is 0. The Bertz CT molecular complexity index is 1240. The van der Waals surface area contributed by atoms with E-state index in [0.717, 1.165) is 30.4 Å². The Hall–Kier alpha value is -4.00. The van der Waals surface area contributed by atoms with Gasteiger partial charge < -0.3 is 24.8 Å². The van der Waals surface area contributed by atoms with Gasteiger partial charge in [0.05, 0.1) is 19.3 Å². The Morgan fingerprint density at radius 2 is 1.46 bits per heavy atom. The average Bonchev–Trinajstić information content (AvgIpc) is 2.98. The lowest BCUT2D eigenvalue weighted by Gasteiger charge is -2.36. The second-order valence-corrected chi connectivity index (χ2v) is 10.2. The number of carbonyl (C=O) groups excluding carboxylic acids is 1. The monoisotopic (exact) mass is 560 g/mol. The first-order valence-corrected chi connectivity index (χ1v) is 14.6. The molecule has 0 saturated heterocycles. The molecule has 220 valence electrons. The Kier molecular flexibility index (Phi) is 11.6. The van der Waals surface area contributed by atoms with Gasteiger partial charge in [-0.05, 0) is 82.2 Å². The predicted molar refractivity (Wildman–Crippen MR) is 163 cm³/mol. The van der Waals surface area contributed by atoms with Crippen LogP contribution in [-0.4, -0.2) is 41.8 Å². The largest absolute Gasteiger partial charge is 0.493 e. The number of benzene rings is 3. The molecule has 0 bridgehead atoms. The highest BCUT2D eigenvalue weighted by Crippen LogP contribution is 2.35. The number of hydrogen-bond acceptors (Lipinski definition) is 4. The van der Waals surface area contributed by atoms with E-state index in [1.54, 1.807) is 36.1 Å². The topological polar surface area (TPSA) is 88.1 Å². The first-order chi connectivity index (χ1) is 19.8. The molecular formula is C34H44N2O5. The number of nitrogens with zero attached hydrogens (tertiary/aromatic N) is 1. The van der Waals surface area contributed by atoms with Gasteiger partial charge in [-0.3, -0.25) is 0 Å². The molecule has 7 heteroatoms. The minimum Gasteiger partial charge on any atom is -0.493 e. The summed E-state index contributed by atoms with van der Waals surface area (Å²) in [4.78, 5) is 28.5. The maximum absolute atomic E-state index is 14.1. The van der Waals surface area contributed by atoms with Gasteiger partial charge in [0.25, 0.3) is 0 Å². The van der Waals surface area contributed by atoms with Crippen molar-refractivity contribution in [3.05, 3.63) is 95.1 Å². The summed E-state index contributed by atoms with van der Waals surface area (Å²) in [6, 6.07) is 22.3. The maximum atomic E-state index is 14.1. The lowest BCUT2D eigenvalue weighted by Crippen LogP contribution is -2.56. The van der Waals surface area contributed by atoms with Crippen molar-refractivity contribution in [3.8, 4) is 11.5 Å². The zero-order valence-electron chi connectivity index (χ0n) is 25.0. The van der Waals surface area contributed by atoms with Crippen LogP contribution in [0.4, 0.5) is 4.79 Å². The first kappa shape index (κ1) is 31.5. The summed E-state index contributed by atoms with van der Waals surface area (Å²) in [5.41, 5.74) is 1.99. The normalized spacial score (nSPS) is 13.1. The third-order valence-corrected chi connectivity index (χ3v) is 7.58. The van der Waals surface area contributed by atoms with Crippen LogP contribution < -0.4 is 14.8 Å². The van der Waals surface area contributed by atoms with E-state index in [9.17, 15) is 14.7 Å². The molecule has 0 saturated carbocycles. The van der Waals surface area contributed by atoms with Crippen LogP contribution in [0.1, 0.15) is 75.3 Å². The van der Waals surface area contributed by atoms with Gasteiger partial charge in [0, 0.05) is 12.1 Å². The molecule has 0 fully saturated rings. The number of amides is 2. The number of carboxylic acid groups (broad SMARTS) is 1. The van der Waals surface area contributed by atoms with Crippen molar-refractivity contribution < 1.29 is 24.2 Å². The molecule has 0 aromatic heterocycles. The number of carbonyl (C=O) groups is 2. The summed E-state index contributed by atoms with van der Waals surface area (Å²) in [5, 5.41) is 13.3. The van der Waals surface area contributed by atoms with Crippen LogP contribution >= 0.6 is 0 Å². The van der Waals surface area contributed by atoms with Gasteiger partial charge in [-0.1, -0.05) is 67.6 Å². The smallest absolute Gasteiger partial charge is 0.334 e. The molecule has 0 heterocycles. The van der Waals surface area contributed by atoms with Gasteiger partial charge in [0.15, 0.2) is 5.54 Å². The van der Waals surface area contributed by atoms with Gasteiger partial charge in [-0.25, -0.2) is 9.59 Å². The highest BCUT2D eigenvalue weighted by molar-refractivity contribution is 5.87. The summed E-state index contributed by atoms with van der Waals surface area (Å²) in [7, 11) is 0. The van der Waals surface area contributed by atoms with Crippen molar-refractivity contribution in [2.45, 2.75) is 71.9 Å². The molecule has 2 atom stereocenters. The van der Waals surface area contributed by atoms with Crippen LogP contribution in [0.15, 0.2) is 72.8 Å². The highest BCUT2D eigenvalue weighted by Gasteiger charge is 2.41. The van der Waals surface area contributed by atoms with Crippen molar-refractivity contribution >= 4 is 12.0 Å². The van der Waals surface area contributed by atoms with E-state index in [4.69, 9.17) is 9.47 Å². The van der Waals surface area contributed by atoms with Crippen molar-refractivity contribution in [1.82, 2.24) is 10.2 Å². The molecule has 0 aliphatic rings. The predicted octanol–water partition coefficient (Wildman–Crippen LogP) is 7.28. The number of aryl methyl sites for hydroxylation is 1. The zero-order valence-corrected chi connectivity index (χ0v) is 25.0. The minimum absolute atomic E-state index is 0.196. The molecule has 0 unspecified atom stereocenters. The van der Waals surface area contributed by atoms with E-state index < -0.39 is 17.5 Å². The molecule has 0 aliphatic carbocycles. The van der Waals surface area contributed by atoms with Crippen molar-refractivity contribution in [1.29, 1.82) is 0 Å². The van der Waals surface area contributed by atoms with Gasteiger partial charge in [-0.15, -0.1) is 0 Å². The molecule has 0 radical (unpaired) electrons. The van der Waals surface area contributed by atoms with E-state index in [0.29, 0.717) is 36.8 Å². The van der Waals surface area contributed by atoms with Crippen LogP contribution in [0.25, 0.3) is 0 Å². The fourth-order valence-electron chi connectivity index (χ4n) is 5.11. The van der Waals surface area contributed by atoms with Crippen molar-refractivity contribution in [3.63, 3.8) is 0 Å². The molecule has 0 spiro atoms. The van der Waals surface area contributed by atoms with Crippen LogP contribution in [0, 0.1) is 6.92 Å².